The molecule has 5 N–H and O–H groups in total. The lowest BCUT2D eigenvalue weighted by Crippen LogP contribution is -2.48. The van der Waals surface area contributed by atoms with E-state index in [1.54, 1.807) is 12.1 Å². The molecule has 144 valence electrons. The standard InChI is InChI=1S/C18H22N3O5P/c1-21(27(24,25)26)16(18(23)20-17(22)12-19)11-13-7-9-15(10-8-13)14-5-3-2-4-6-14/h2-10,16H,11-12,19H2,1H3,(H,20,22,23)(H2,24,25,26)/t16-/m0/s1. The largest absolute Gasteiger partial charge is 0.403 e. The number of nitrogens with one attached hydrogen (secondary N) is 1. The van der Waals surface area contributed by atoms with E-state index in [0.29, 0.717) is 10.2 Å². The van der Waals surface area contributed by atoms with E-state index < -0.39 is 32.1 Å². The van der Waals surface area contributed by atoms with Gasteiger partial charge in [-0.3, -0.25) is 14.9 Å². The normalized spacial score (nSPS) is 12.6. The molecule has 0 fully saturated rings. The topological polar surface area (TPSA) is 133 Å². The van der Waals surface area contributed by atoms with Gasteiger partial charge in [-0.25, -0.2) is 4.57 Å². The van der Waals surface area contributed by atoms with Crippen LogP contribution in [0.1, 0.15) is 5.56 Å². The molecule has 0 spiro atoms. The minimum absolute atomic E-state index is 0.0143. The van der Waals surface area contributed by atoms with Crippen molar-refractivity contribution >= 4 is 19.6 Å². The number of nitrogens with two attached hydrogens (primary N) is 1. The second kappa shape index (κ2) is 9.03. The Kier molecular flexibility index (Phi) is 7.01. The Balaban J connectivity index is 2.22. The van der Waals surface area contributed by atoms with Crippen LogP contribution in [0.4, 0.5) is 0 Å². The Hall–Kier alpha value is -2.35. The number of hydrogen-bond donors (Lipinski definition) is 4. The summed E-state index contributed by atoms with van der Waals surface area (Å²) < 4.78 is 12.2. The first-order valence-electron chi connectivity index (χ1n) is 8.19. The number of imide groups is 1. The number of carbonyl (C=O) groups is 2. The van der Waals surface area contributed by atoms with E-state index in [0.717, 1.165) is 18.2 Å². The zero-order valence-corrected chi connectivity index (χ0v) is 15.7. The summed E-state index contributed by atoms with van der Waals surface area (Å²) in [7, 11) is -3.55. The minimum Gasteiger partial charge on any atom is -0.322 e. The molecule has 2 aromatic rings. The van der Waals surface area contributed by atoms with Gasteiger partial charge in [0.15, 0.2) is 0 Å². The third-order valence-corrected chi connectivity index (χ3v) is 5.20. The van der Waals surface area contributed by atoms with Gasteiger partial charge in [0.1, 0.15) is 6.04 Å². The molecule has 0 aliphatic carbocycles. The molecule has 0 saturated carbocycles. The summed E-state index contributed by atoms with van der Waals surface area (Å²) in [5, 5.41) is 2.05. The summed E-state index contributed by atoms with van der Waals surface area (Å²) in [6, 6.07) is 15.7. The van der Waals surface area contributed by atoms with Crippen LogP contribution in [-0.2, 0) is 20.6 Å². The van der Waals surface area contributed by atoms with Crippen molar-refractivity contribution in [2.75, 3.05) is 13.6 Å². The quantitative estimate of drug-likeness (QED) is 0.515. The van der Waals surface area contributed by atoms with E-state index in [1.807, 2.05) is 42.5 Å². The number of nitrogens with zero attached hydrogens (tertiary/aromatic N) is 1. The summed E-state index contributed by atoms with van der Waals surface area (Å²) in [6.45, 7) is -0.399. The van der Waals surface area contributed by atoms with Gasteiger partial charge < -0.3 is 15.5 Å². The van der Waals surface area contributed by atoms with Gasteiger partial charge in [-0.05, 0) is 30.2 Å². The average Bonchev–Trinajstić information content (AvgIpc) is 2.65. The highest BCUT2D eigenvalue weighted by molar-refractivity contribution is 7.49. The van der Waals surface area contributed by atoms with Crippen molar-refractivity contribution in [2.45, 2.75) is 12.5 Å². The molecular formula is C18H22N3O5P. The van der Waals surface area contributed by atoms with Gasteiger partial charge in [-0.2, -0.15) is 4.67 Å². The van der Waals surface area contributed by atoms with Crippen molar-refractivity contribution < 1.29 is 23.9 Å². The zero-order chi connectivity index (χ0) is 20.0. The molecule has 0 aromatic heterocycles. The van der Waals surface area contributed by atoms with Crippen LogP contribution < -0.4 is 11.1 Å². The van der Waals surface area contributed by atoms with Gasteiger partial charge in [-0.15, -0.1) is 0 Å². The number of amides is 2. The zero-order valence-electron chi connectivity index (χ0n) is 14.8. The van der Waals surface area contributed by atoms with Gasteiger partial charge in [-0.1, -0.05) is 54.6 Å². The SMILES string of the molecule is CN([C@@H](Cc1ccc(-c2ccccc2)cc1)C(=O)NC(=O)CN)P(=O)(O)O. The van der Waals surface area contributed by atoms with Crippen LogP contribution in [0, 0.1) is 0 Å². The second-order valence-electron chi connectivity index (χ2n) is 5.99. The Bertz CT molecular complexity index is 836. The summed E-state index contributed by atoms with van der Waals surface area (Å²) in [5.41, 5.74) is 7.87. The number of hydrogen-bond acceptors (Lipinski definition) is 4. The summed E-state index contributed by atoms with van der Waals surface area (Å²) in [4.78, 5) is 42.5. The summed E-state index contributed by atoms with van der Waals surface area (Å²) in [5.74, 6) is -1.54. The third-order valence-electron chi connectivity index (χ3n) is 4.10. The minimum atomic E-state index is -4.68. The highest BCUT2D eigenvalue weighted by Crippen LogP contribution is 2.40. The molecule has 27 heavy (non-hydrogen) atoms. The van der Waals surface area contributed by atoms with E-state index in [4.69, 9.17) is 5.73 Å². The lowest BCUT2D eigenvalue weighted by molar-refractivity contribution is -0.132. The molecule has 0 saturated heterocycles. The van der Waals surface area contributed by atoms with Crippen LogP contribution in [0.2, 0.25) is 0 Å². The summed E-state index contributed by atoms with van der Waals surface area (Å²) in [6.07, 6.45) is 0.0143. The molecule has 8 nitrogen and oxygen atoms in total. The van der Waals surface area contributed by atoms with E-state index in [-0.39, 0.29) is 6.42 Å². The Morgan fingerprint density at radius 2 is 1.63 bits per heavy atom. The molecule has 0 heterocycles. The van der Waals surface area contributed by atoms with Crippen LogP contribution in [0.5, 0.6) is 0 Å². The molecule has 0 radical (unpaired) electrons. The van der Waals surface area contributed by atoms with Crippen LogP contribution in [-0.4, -0.2) is 45.9 Å². The number of benzene rings is 2. The molecule has 0 bridgehead atoms. The van der Waals surface area contributed by atoms with E-state index in [9.17, 15) is 23.9 Å². The number of carbonyl (C=O) groups excluding carboxylic acids is 2. The highest BCUT2D eigenvalue weighted by atomic mass is 31.2. The Labute approximate surface area is 157 Å². The Morgan fingerprint density at radius 3 is 2.15 bits per heavy atom. The van der Waals surface area contributed by atoms with Gasteiger partial charge in [0.05, 0.1) is 6.54 Å². The molecule has 2 amide bonds. The van der Waals surface area contributed by atoms with Crippen LogP contribution in [0.3, 0.4) is 0 Å². The third kappa shape index (κ3) is 5.82. The predicted molar refractivity (Wildman–Crippen MR) is 101 cm³/mol. The highest BCUT2D eigenvalue weighted by Gasteiger charge is 2.34. The number of likely N-dealkylation sites (N-methyl/N-ethyl adjacent to an activating group) is 1. The van der Waals surface area contributed by atoms with Crippen molar-refractivity contribution in [3.8, 4) is 11.1 Å². The number of rotatable bonds is 7. The average molecular weight is 391 g/mol. The molecule has 1 atom stereocenters. The lowest BCUT2D eigenvalue weighted by Gasteiger charge is -2.27. The fraction of sp³-hybridized carbons (Fsp3) is 0.222. The lowest BCUT2D eigenvalue weighted by atomic mass is 10.0. The first-order valence-corrected chi connectivity index (χ1v) is 9.76. The van der Waals surface area contributed by atoms with E-state index in [2.05, 4.69) is 5.32 Å². The van der Waals surface area contributed by atoms with Crippen molar-refractivity contribution in [1.29, 1.82) is 0 Å². The van der Waals surface area contributed by atoms with Crippen molar-refractivity contribution in [3.05, 3.63) is 60.2 Å². The van der Waals surface area contributed by atoms with Gasteiger partial charge in [0, 0.05) is 0 Å². The molecular weight excluding hydrogens is 369 g/mol. The molecule has 9 heteroatoms. The van der Waals surface area contributed by atoms with Crippen molar-refractivity contribution in [3.63, 3.8) is 0 Å². The second-order valence-corrected chi connectivity index (χ2v) is 7.64. The monoisotopic (exact) mass is 391 g/mol. The first kappa shape index (κ1) is 21.0. The maximum atomic E-state index is 12.3. The molecule has 0 aliphatic rings. The molecule has 2 aromatic carbocycles. The maximum absolute atomic E-state index is 12.3. The Morgan fingerprint density at radius 1 is 1.07 bits per heavy atom. The van der Waals surface area contributed by atoms with Crippen LogP contribution in [0.15, 0.2) is 54.6 Å². The molecule has 0 unspecified atom stereocenters. The van der Waals surface area contributed by atoms with Crippen LogP contribution >= 0.6 is 7.75 Å². The van der Waals surface area contributed by atoms with E-state index >= 15 is 0 Å². The van der Waals surface area contributed by atoms with Crippen LogP contribution in [0.25, 0.3) is 11.1 Å². The molecule has 2 rings (SSSR count). The van der Waals surface area contributed by atoms with Crippen molar-refractivity contribution in [2.24, 2.45) is 5.73 Å². The van der Waals surface area contributed by atoms with E-state index in [1.165, 1.54) is 0 Å². The van der Waals surface area contributed by atoms with Gasteiger partial charge in [0.2, 0.25) is 11.8 Å². The smallest absolute Gasteiger partial charge is 0.322 e. The summed E-state index contributed by atoms with van der Waals surface area (Å²) >= 11 is 0. The first-order chi connectivity index (χ1) is 12.7. The van der Waals surface area contributed by atoms with Gasteiger partial charge >= 0.3 is 7.75 Å². The molecule has 0 aliphatic heterocycles. The maximum Gasteiger partial charge on any atom is 0.403 e. The fourth-order valence-electron chi connectivity index (χ4n) is 2.53. The predicted octanol–water partition coefficient (Wildman–Crippen LogP) is 0.891. The van der Waals surface area contributed by atoms with Crippen molar-refractivity contribution in [1.82, 2.24) is 9.99 Å². The van der Waals surface area contributed by atoms with Gasteiger partial charge in [0.25, 0.3) is 0 Å². The fourth-order valence-corrected chi connectivity index (χ4v) is 3.08.